The van der Waals surface area contributed by atoms with Crippen molar-refractivity contribution in [3.63, 3.8) is 0 Å². The number of benzene rings is 1. The highest BCUT2D eigenvalue weighted by Crippen LogP contribution is 2.29. The number of halogens is 3. The molecule has 0 aliphatic carbocycles. The average molecular weight is 265 g/mol. The highest BCUT2D eigenvalue weighted by molar-refractivity contribution is 5.71. The number of hydrogen-bond donors (Lipinski definition) is 1. The van der Waals surface area contributed by atoms with Crippen LogP contribution in [0.15, 0.2) is 18.2 Å². The molecule has 0 saturated carbocycles. The summed E-state index contributed by atoms with van der Waals surface area (Å²) in [7, 11) is 0. The van der Waals surface area contributed by atoms with Crippen molar-refractivity contribution < 1.29 is 32.7 Å². The van der Waals surface area contributed by atoms with E-state index in [2.05, 4.69) is 4.74 Å². The Labute approximate surface area is 97.7 Å². The van der Waals surface area contributed by atoms with Crippen LogP contribution in [0.2, 0.25) is 0 Å². The molecule has 98 valence electrons. The van der Waals surface area contributed by atoms with Crippen molar-refractivity contribution in [1.82, 2.24) is 0 Å². The van der Waals surface area contributed by atoms with Gasteiger partial charge >= 0.3 is 12.3 Å². The van der Waals surface area contributed by atoms with Gasteiger partial charge in [0.05, 0.1) is 11.3 Å². The van der Waals surface area contributed by atoms with Crippen molar-refractivity contribution in [3.05, 3.63) is 33.9 Å². The third kappa shape index (κ3) is 3.92. The summed E-state index contributed by atoms with van der Waals surface area (Å²) in [4.78, 5) is 20.0. The fourth-order valence-corrected chi connectivity index (χ4v) is 1.20. The highest BCUT2D eigenvalue weighted by Gasteiger charge is 2.32. The van der Waals surface area contributed by atoms with Gasteiger partial charge in [-0.15, -0.1) is 13.2 Å². The van der Waals surface area contributed by atoms with Crippen molar-refractivity contribution in [2.24, 2.45) is 0 Å². The lowest BCUT2D eigenvalue weighted by Crippen LogP contribution is -2.18. The number of nitro benzene ring substituents is 1. The number of carboxylic acids is 1. The predicted octanol–water partition coefficient (Wildman–Crippen LogP) is 2.12. The second kappa shape index (κ2) is 4.90. The van der Waals surface area contributed by atoms with Gasteiger partial charge in [0.25, 0.3) is 5.69 Å². The summed E-state index contributed by atoms with van der Waals surface area (Å²) in [5, 5.41) is 18.9. The molecule has 0 bridgehead atoms. The van der Waals surface area contributed by atoms with Crippen LogP contribution < -0.4 is 4.74 Å². The molecule has 0 unspecified atom stereocenters. The van der Waals surface area contributed by atoms with Gasteiger partial charge in [0.1, 0.15) is 5.75 Å². The molecule has 1 rings (SSSR count). The van der Waals surface area contributed by atoms with E-state index in [9.17, 15) is 28.1 Å². The molecule has 18 heavy (non-hydrogen) atoms. The zero-order chi connectivity index (χ0) is 13.9. The fraction of sp³-hybridized carbons (Fsp3) is 0.222. The van der Waals surface area contributed by atoms with Gasteiger partial charge in [-0.05, 0) is 6.07 Å². The van der Waals surface area contributed by atoms with E-state index in [0.29, 0.717) is 6.07 Å². The molecule has 0 aliphatic rings. The Balaban J connectivity index is 3.16. The number of aliphatic carboxylic acids is 1. The zero-order valence-corrected chi connectivity index (χ0v) is 8.60. The van der Waals surface area contributed by atoms with Crippen molar-refractivity contribution in [3.8, 4) is 5.75 Å². The Bertz CT molecular complexity index is 486. The third-order valence-corrected chi connectivity index (χ3v) is 1.82. The Morgan fingerprint density at radius 3 is 2.50 bits per heavy atom. The normalized spacial score (nSPS) is 11.1. The maximum absolute atomic E-state index is 12.0. The summed E-state index contributed by atoms with van der Waals surface area (Å²) in [6, 6.07) is 2.24. The summed E-state index contributed by atoms with van der Waals surface area (Å²) >= 11 is 0. The summed E-state index contributed by atoms with van der Waals surface area (Å²) in [5.74, 6) is -2.20. The largest absolute Gasteiger partial charge is 0.573 e. The highest BCUT2D eigenvalue weighted by atomic mass is 19.4. The summed E-state index contributed by atoms with van der Waals surface area (Å²) in [5.41, 5.74) is -0.935. The minimum atomic E-state index is -5.00. The van der Waals surface area contributed by atoms with E-state index < -0.39 is 40.7 Å². The summed E-state index contributed by atoms with van der Waals surface area (Å²) in [6.45, 7) is 0. The maximum Gasteiger partial charge on any atom is 0.573 e. The first-order chi connectivity index (χ1) is 8.19. The number of nitrogens with zero attached hydrogens (tertiary/aromatic N) is 1. The van der Waals surface area contributed by atoms with E-state index in [0.717, 1.165) is 12.1 Å². The van der Waals surface area contributed by atoms with Crippen molar-refractivity contribution >= 4 is 11.7 Å². The second-order valence-corrected chi connectivity index (χ2v) is 3.17. The number of hydrogen-bond acceptors (Lipinski definition) is 4. The van der Waals surface area contributed by atoms with Crippen LogP contribution in [0.4, 0.5) is 18.9 Å². The first-order valence-electron chi connectivity index (χ1n) is 4.44. The number of non-ortho nitro benzene ring substituents is 1. The van der Waals surface area contributed by atoms with Crippen molar-refractivity contribution in [2.75, 3.05) is 0 Å². The molecule has 9 heteroatoms. The lowest BCUT2D eigenvalue weighted by atomic mass is 10.1. The molecule has 1 aromatic carbocycles. The smallest absolute Gasteiger partial charge is 0.481 e. The molecule has 0 fully saturated rings. The standard InChI is InChI=1S/C9H6F3NO5/c10-9(11,12)18-7-2-1-6(13(16)17)3-5(7)4-8(14)15/h1-3H,4H2,(H,14,15). The number of nitro groups is 1. The molecule has 0 saturated heterocycles. The first kappa shape index (κ1) is 13.7. The van der Waals surface area contributed by atoms with Crippen LogP contribution in [0.25, 0.3) is 0 Å². The predicted molar refractivity (Wildman–Crippen MR) is 51.1 cm³/mol. The van der Waals surface area contributed by atoms with Gasteiger partial charge in [0.15, 0.2) is 0 Å². The SMILES string of the molecule is O=C(O)Cc1cc([N+](=O)[O-])ccc1OC(F)(F)F. The van der Waals surface area contributed by atoms with E-state index in [1.165, 1.54) is 0 Å². The summed E-state index contributed by atoms with van der Waals surface area (Å²) in [6.07, 6.45) is -5.81. The van der Waals surface area contributed by atoms with Crippen LogP contribution in [-0.4, -0.2) is 22.4 Å². The number of ether oxygens (including phenoxy) is 1. The van der Waals surface area contributed by atoms with Crippen LogP contribution >= 0.6 is 0 Å². The Morgan fingerprint density at radius 1 is 1.44 bits per heavy atom. The molecule has 0 heterocycles. The monoisotopic (exact) mass is 265 g/mol. The fourth-order valence-electron chi connectivity index (χ4n) is 1.20. The molecule has 0 atom stereocenters. The topological polar surface area (TPSA) is 89.7 Å². The van der Waals surface area contributed by atoms with Gasteiger partial charge in [-0.25, -0.2) is 0 Å². The maximum atomic E-state index is 12.0. The molecule has 0 aliphatic heterocycles. The molecule has 1 N–H and O–H groups in total. The number of carbonyl (C=O) groups is 1. The third-order valence-electron chi connectivity index (χ3n) is 1.82. The van der Waals surface area contributed by atoms with Crippen LogP contribution in [0.5, 0.6) is 5.75 Å². The van der Waals surface area contributed by atoms with Gasteiger partial charge in [-0.3, -0.25) is 14.9 Å². The van der Waals surface area contributed by atoms with Crippen molar-refractivity contribution in [2.45, 2.75) is 12.8 Å². The van der Waals surface area contributed by atoms with Gasteiger partial charge < -0.3 is 9.84 Å². The lowest BCUT2D eigenvalue weighted by molar-refractivity contribution is -0.385. The molecular formula is C9H6F3NO5. The molecular weight excluding hydrogens is 259 g/mol. The van der Waals surface area contributed by atoms with Crippen LogP contribution in [0, 0.1) is 10.1 Å². The van der Waals surface area contributed by atoms with Gasteiger partial charge in [-0.2, -0.15) is 0 Å². The quantitative estimate of drug-likeness (QED) is 0.665. The number of rotatable bonds is 4. The van der Waals surface area contributed by atoms with E-state index in [4.69, 9.17) is 5.11 Å². The van der Waals surface area contributed by atoms with Crippen LogP contribution in [-0.2, 0) is 11.2 Å². The molecule has 6 nitrogen and oxygen atoms in total. The minimum Gasteiger partial charge on any atom is -0.481 e. The van der Waals surface area contributed by atoms with Gasteiger partial charge in [0, 0.05) is 17.7 Å². The molecule has 0 aromatic heterocycles. The Hall–Kier alpha value is -2.32. The average Bonchev–Trinajstić information content (AvgIpc) is 2.17. The molecule has 1 aromatic rings. The Morgan fingerprint density at radius 2 is 2.06 bits per heavy atom. The second-order valence-electron chi connectivity index (χ2n) is 3.17. The van der Waals surface area contributed by atoms with Crippen molar-refractivity contribution in [1.29, 1.82) is 0 Å². The lowest BCUT2D eigenvalue weighted by Gasteiger charge is -2.11. The van der Waals surface area contributed by atoms with E-state index in [-0.39, 0.29) is 0 Å². The Kier molecular flexibility index (Phi) is 3.74. The number of carboxylic acid groups (broad SMARTS) is 1. The molecule has 0 radical (unpaired) electrons. The van der Waals surface area contributed by atoms with E-state index in [1.807, 2.05) is 0 Å². The van der Waals surface area contributed by atoms with E-state index in [1.54, 1.807) is 0 Å². The van der Waals surface area contributed by atoms with Crippen LogP contribution in [0.3, 0.4) is 0 Å². The van der Waals surface area contributed by atoms with Gasteiger partial charge in [-0.1, -0.05) is 0 Å². The summed E-state index contributed by atoms with van der Waals surface area (Å²) < 4.78 is 39.6. The zero-order valence-electron chi connectivity index (χ0n) is 8.60. The van der Waals surface area contributed by atoms with Crippen LogP contribution in [0.1, 0.15) is 5.56 Å². The molecule has 0 amide bonds. The minimum absolute atomic E-state index is 0.422. The first-order valence-corrected chi connectivity index (χ1v) is 4.44. The van der Waals surface area contributed by atoms with E-state index >= 15 is 0 Å². The van der Waals surface area contributed by atoms with Gasteiger partial charge in [0.2, 0.25) is 0 Å². The molecule has 0 spiro atoms. The number of alkyl halides is 3.